The Labute approximate surface area is 96.1 Å². The van der Waals surface area contributed by atoms with Crippen LogP contribution < -0.4 is 5.32 Å². The molecule has 1 fully saturated rings. The van der Waals surface area contributed by atoms with Gasteiger partial charge in [0.1, 0.15) is 6.33 Å². The summed E-state index contributed by atoms with van der Waals surface area (Å²) in [5.74, 6) is 1.25. The fourth-order valence-electron chi connectivity index (χ4n) is 2.40. The number of hydrogen-bond donors (Lipinski definition) is 1. The van der Waals surface area contributed by atoms with Gasteiger partial charge in [-0.05, 0) is 18.3 Å². The van der Waals surface area contributed by atoms with Crippen molar-refractivity contribution in [1.29, 1.82) is 0 Å². The van der Waals surface area contributed by atoms with E-state index in [-0.39, 0.29) is 6.03 Å². The average molecular weight is 221 g/mol. The summed E-state index contributed by atoms with van der Waals surface area (Å²) in [4.78, 5) is 15.7. The average Bonchev–Trinajstić information content (AvgIpc) is 2.78. The van der Waals surface area contributed by atoms with Crippen molar-refractivity contribution in [2.24, 2.45) is 11.8 Å². The van der Waals surface area contributed by atoms with Gasteiger partial charge in [0, 0.05) is 18.4 Å². The zero-order valence-electron chi connectivity index (χ0n) is 9.89. The Morgan fingerprint density at radius 2 is 2.25 bits per heavy atom. The van der Waals surface area contributed by atoms with Crippen LogP contribution in [0.25, 0.3) is 0 Å². The number of imidazole rings is 1. The van der Waals surface area contributed by atoms with Gasteiger partial charge in [-0.25, -0.2) is 9.78 Å². The van der Waals surface area contributed by atoms with Crippen LogP contribution in [-0.4, -0.2) is 21.6 Å². The van der Waals surface area contributed by atoms with E-state index in [4.69, 9.17) is 0 Å². The van der Waals surface area contributed by atoms with Gasteiger partial charge in [-0.15, -0.1) is 0 Å². The zero-order chi connectivity index (χ0) is 11.5. The van der Waals surface area contributed by atoms with E-state index in [1.807, 2.05) is 0 Å². The SMILES string of the molecule is C[C@@H]1[C@H](C)CCC[C@H]1NC(=O)n1ccnc1. The molecule has 1 amide bonds. The van der Waals surface area contributed by atoms with E-state index >= 15 is 0 Å². The van der Waals surface area contributed by atoms with Crippen LogP contribution in [0.15, 0.2) is 18.7 Å². The third-order valence-corrected chi connectivity index (χ3v) is 3.75. The molecule has 4 heteroatoms. The Bertz CT molecular complexity index is 347. The molecule has 1 aliphatic rings. The molecular weight excluding hydrogens is 202 g/mol. The number of nitrogens with zero attached hydrogens (tertiary/aromatic N) is 2. The highest BCUT2D eigenvalue weighted by molar-refractivity contribution is 5.76. The van der Waals surface area contributed by atoms with Crippen LogP contribution >= 0.6 is 0 Å². The van der Waals surface area contributed by atoms with Crippen LogP contribution in [0.4, 0.5) is 4.79 Å². The third kappa shape index (κ3) is 2.26. The molecule has 1 aliphatic carbocycles. The molecule has 1 N–H and O–H groups in total. The van der Waals surface area contributed by atoms with Crippen LogP contribution in [0.2, 0.25) is 0 Å². The maximum atomic E-state index is 11.8. The molecule has 1 heterocycles. The monoisotopic (exact) mass is 221 g/mol. The lowest BCUT2D eigenvalue weighted by molar-refractivity contribution is 0.196. The lowest BCUT2D eigenvalue weighted by Gasteiger charge is -2.34. The van der Waals surface area contributed by atoms with Gasteiger partial charge in [0.2, 0.25) is 0 Å². The molecule has 88 valence electrons. The van der Waals surface area contributed by atoms with Crippen molar-refractivity contribution in [3.05, 3.63) is 18.7 Å². The van der Waals surface area contributed by atoms with Gasteiger partial charge in [0.25, 0.3) is 0 Å². The molecule has 3 atom stereocenters. The van der Waals surface area contributed by atoms with Crippen LogP contribution in [0.3, 0.4) is 0 Å². The number of aromatic nitrogens is 2. The van der Waals surface area contributed by atoms with Gasteiger partial charge in [-0.3, -0.25) is 4.57 Å². The summed E-state index contributed by atoms with van der Waals surface area (Å²) >= 11 is 0. The van der Waals surface area contributed by atoms with Crippen LogP contribution in [0.5, 0.6) is 0 Å². The minimum absolute atomic E-state index is 0.0662. The molecule has 4 nitrogen and oxygen atoms in total. The molecule has 0 radical (unpaired) electrons. The van der Waals surface area contributed by atoms with E-state index in [1.54, 1.807) is 12.4 Å². The van der Waals surface area contributed by atoms with E-state index < -0.39 is 0 Å². The molecule has 0 unspecified atom stereocenters. The number of hydrogen-bond acceptors (Lipinski definition) is 2. The van der Waals surface area contributed by atoms with E-state index in [0.717, 1.165) is 6.42 Å². The highest BCUT2D eigenvalue weighted by Gasteiger charge is 2.28. The molecule has 16 heavy (non-hydrogen) atoms. The van der Waals surface area contributed by atoms with E-state index in [9.17, 15) is 4.79 Å². The largest absolute Gasteiger partial charge is 0.334 e. The molecule has 0 aliphatic heterocycles. The summed E-state index contributed by atoms with van der Waals surface area (Å²) in [7, 11) is 0. The standard InChI is InChI=1S/C12H19N3O/c1-9-4-3-5-11(10(9)2)14-12(16)15-7-6-13-8-15/h6-11H,3-5H2,1-2H3,(H,14,16)/t9-,10-,11-/m1/s1. The lowest BCUT2D eigenvalue weighted by Crippen LogP contribution is -2.45. The normalized spacial score (nSPS) is 30.0. The molecule has 0 bridgehead atoms. The van der Waals surface area contributed by atoms with Gasteiger partial charge in [-0.1, -0.05) is 26.7 Å². The molecule has 2 rings (SSSR count). The predicted molar refractivity (Wildman–Crippen MR) is 62.1 cm³/mol. The molecule has 0 saturated heterocycles. The summed E-state index contributed by atoms with van der Waals surface area (Å²) in [5, 5.41) is 3.09. The lowest BCUT2D eigenvalue weighted by atomic mass is 9.78. The molecule has 0 aromatic carbocycles. The minimum Gasteiger partial charge on any atom is -0.334 e. The topological polar surface area (TPSA) is 46.9 Å². The summed E-state index contributed by atoms with van der Waals surface area (Å²) in [5.41, 5.74) is 0. The maximum absolute atomic E-state index is 11.8. The second-order valence-electron chi connectivity index (χ2n) is 4.79. The van der Waals surface area contributed by atoms with Crippen molar-refractivity contribution < 1.29 is 4.79 Å². The van der Waals surface area contributed by atoms with E-state index in [1.165, 1.54) is 23.7 Å². The third-order valence-electron chi connectivity index (χ3n) is 3.75. The minimum atomic E-state index is -0.0662. The van der Waals surface area contributed by atoms with Crippen molar-refractivity contribution in [2.75, 3.05) is 0 Å². The first-order chi connectivity index (χ1) is 7.68. The quantitative estimate of drug-likeness (QED) is 0.790. The van der Waals surface area contributed by atoms with Crippen molar-refractivity contribution in [3.8, 4) is 0 Å². The van der Waals surface area contributed by atoms with Crippen molar-refractivity contribution in [3.63, 3.8) is 0 Å². The Morgan fingerprint density at radius 3 is 2.94 bits per heavy atom. The van der Waals surface area contributed by atoms with Gasteiger partial charge in [-0.2, -0.15) is 0 Å². The first kappa shape index (κ1) is 11.2. The van der Waals surface area contributed by atoms with Gasteiger partial charge in [0.15, 0.2) is 0 Å². The summed E-state index contributed by atoms with van der Waals surface area (Å²) in [6.45, 7) is 4.49. The second-order valence-corrected chi connectivity index (χ2v) is 4.79. The predicted octanol–water partition coefficient (Wildman–Crippen LogP) is 2.27. The Kier molecular flexibility index (Phi) is 3.27. The molecule has 0 spiro atoms. The summed E-state index contributed by atoms with van der Waals surface area (Å²) in [6.07, 6.45) is 8.40. The van der Waals surface area contributed by atoms with Crippen molar-refractivity contribution in [1.82, 2.24) is 14.9 Å². The smallest absolute Gasteiger partial charge is 0.327 e. The fourth-order valence-corrected chi connectivity index (χ4v) is 2.40. The number of carbonyl (C=O) groups excluding carboxylic acids is 1. The van der Waals surface area contributed by atoms with E-state index in [0.29, 0.717) is 17.9 Å². The van der Waals surface area contributed by atoms with Gasteiger partial charge in [0.05, 0.1) is 0 Å². The van der Waals surface area contributed by atoms with Gasteiger partial charge < -0.3 is 5.32 Å². The molecular formula is C12H19N3O. The zero-order valence-corrected chi connectivity index (χ0v) is 9.89. The summed E-state index contributed by atoms with van der Waals surface area (Å²) in [6, 6.07) is 0.238. The molecule has 1 aromatic rings. The molecule has 1 saturated carbocycles. The first-order valence-electron chi connectivity index (χ1n) is 5.97. The molecule has 1 aromatic heterocycles. The number of carbonyl (C=O) groups is 1. The van der Waals surface area contributed by atoms with Crippen LogP contribution in [0, 0.1) is 11.8 Å². The number of nitrogens with one attached hydrogen (secondary N) is 1. The van der Waals surface area contributed by atoms with Crippen LogP contribution in [-0.2, 0) is 0 Å². The second kappa shape index (κ2) is 4.68. The van der Waals surface area contributed by atoms with Crippen LogP contribution in [0.1, 0.15) is 33.1 Å². The maximum Gasteiger partial charge on any atom is 0.327 e. The highest BCUT2D eigenvalue weighted by Crippen LogP contribution is 2.29. The van der Waals surface area contributed by atoms with Gasteiger partial charge >= 0.3 is 6.03 Å². The summed E-state index contributed by atoms with van der Waals surface area (Å²) < 4.78 is 1.49. The highest BCUT2D eigenvalue weighted by atomic mass is 16.2. The first-order valence-corrected chi connectivity index (χ1v) is 5.97. The number of amides is 1. The van der Waals surface area contributed by atoms with Crippen molar-refractivity contribution >= 4 is 6.03 Å². The fraction of sp³-hybridized carbons (Fsp3) is 0.667. The van der Waals surface area contributed by atoms with Crippen molar-refractivity contribution in [2.45, 2.75) is 39.2 Å². The Balaban J connectivity index is 1.96. The Morgan fingerprint density at radius 1 is 1.44 bits per heavy atom. The number of rotatable bonds is 1. The van der Waals surface area contributed by atoms with E-state index in [2.05, 4.69) is 24.1 Å². The Hall–Kier alpha value is -1.32.